The summed E-state index contributed by atoms with van der Waals surface area (Å²) in [5.74, 6) is -0.668. The molecule has 25 heteroatoms. The topological polar surface area (TPSA) is 299 Å². The maximum absolute atomic E-state index is 12.6. The predicted octanol–water partition coefficient (Wildman–Crippen LogP) is 6.32. The van der Waals surface area contributed by atoms with Gasteiger partial charge >= 0.3 is 17.4 Å². The number of hydrogen-bond donors (Lipinski definition) is 4. The molecule has 1 unspecified atom stereocenters. The van der Waals surface area contributed by atoms with Crippen molar-refractivity contribution in [1.82, 2.24) is 49.4 Å². The average Bonchev–Trinajstić information content (AvgIpc) is 4.10. The summed E-state index contributed by atoms with van der Waals surface area (Å²) >= 11 is 1.36. The number of anilines is 2. The SMILES string of the molecule is CS(=O)c1nnc(-c2cc3c(N[C@@H]4CCN(C(=O)OC(C)(C)C)CC4(C)C)c(C(N)=O)cnn3c2)o1.CSc1nnc(-c2cc3c(N[C@@H]4CCN(C(=O)OC(C)(C)C)CC4(C)C)c(C(N)=O)cnn3c2)o1. The lowest BCUT2D eigenvalue weighted by atomic mass is 9.79. The molecule has 0 saturated carbocycles. The molecule has 0 aliphatic carbocycles. The first-order valence-corrected chi connectivity index (χ1v) is 25.6. The number of hydrogen-bond acceptors (Lipinski definition) is 18. The van der Waals surface area contributed by atoms with Crippen LogP contribution in [0.1, 0.15) is 103 Å². The summed E-state index contributed by atoms with van der Waals surface area (Å²) in [6.07, 6.45) is 10.2. The molecule has 0 aromatic carbocycles. The van der Waals surface area contributed by atoms with E-state index in [0.29, 0.717) is 83.7 Å². The second-order valence-electron chi connectivity index (χ2n) is 20.9. The largest absolute Gasteiger partial charge is 0.444 e. The first-order valence-electron chi connectivity index (χ1n) is 22.8. The third kappa shape index (κ3) is 11.9. The summed E-state index contributed by atoms with van der Waals surface area (Å²) in [5.41, 5.74) is 13.7. The van der Waals surface area contributed by atoms with Crippen LogP contribution in [-0.4, -0.2) is 140 Å². The highest BCUT2D eigenvalue weighted by atomic mass is 32.2. The Morgan fingerprint density at radius 2 is 1.14 bits per heavy atom. The van der Waals surface area contributed by atoms with Crippen LogP contribution < -0.4 is 22.1 Å². The molecule has 0 spiro atoms. The third-order valence-corrected chi connectivity index (χ3v) is 13.1. The zero-order valence-corrected chi connectivity index (χ0v) is 43.6. The highest BCUT2D eigenvalue weighted by molar-refractivity contribution is 7.98. The lowest BCUT2D eigenvalue weighted by molar-refractivity contribution is 0.00617. The van der Waals surface area contributed by atoms with Crippen LogP contribution in [0.4, 0.5) is 21.0 Å². The maximum atomic E-state index is 12.6. The first kappa shape index (κ1) is 52.1. The highest BCUT2D eigenvalue weighted by Crippen LogP contribution is 2.38. The molecule has 8 rings (SSSR count). The summed E-state index contributed by atoms with van der Waals surface area (Å²) in [6.45, 7) is 21.3. The molecule has 6 aromatic heterocycles. The van der Waals surface area contributed by atoms with Crippen molar-refractivity contribution in [2.45, 2.75) is 116 Å². The molecule has 71 heavy (non-hydrogen) atoms. The van der Waals surface area contributed by atoms with Crippen molar-refractivity contribution in [1.29, 1.82) is 0 Å². The molecule has 6 N–H and O–H groups in total. The fraction of sp³-hybridized carbons (Fsp3) is 0.522. The van der Waals surface area contributed by atoms with Gasteiger partial charge in [-0.05, 0) is 72.8 Å². The van der Waals surface area contributed by atoms with Crippen LogP contribution >= 0.6 is 11.8 Å². The second kappa shape index (κ2) is 19.8. The normalized spacial score (nSPS) is 18.4. The molecule has 8 heterocycles. The van der Waals surface area contributed by atoms with E-state index < -0.39 is 33.8 Å². The van der Waals surface area contributed by atoms with Crippen molar-refractivity contribution in [3.05, 3.63) is 48.0 Å². The quantitative estimate of drug-likeness (QED) is 0.109. The van der Waals surface area contributed by atoms with Crippen LogP contribution in [0.2, 0.25) is 0 Å². The number of aromatic nitrogens is 8. The number of piperidine rings is 2. The number of carbonyl (C=O) groups excluding carboxylic acids is 4. The van der Waals surface area contributed by atoms with Gasteiger partial charge in [0.1, 0.15) is 22.0 Å². The Kier molecular flexibility index (Phi) is 14.5. The van der Waals surface area contributed by atoms with E-state index in [1.807, 2.05) is 53.9 Å². The van der Waals surface area contributed by atoms with E-state index in [2.05, 4.69) is 68.9 Å². The van der Waals surface area contributed by atoms with Crippen molar-refractivity contribution in [2.24, 2.45) is 22.3 Å². The van der Waals surface area contributed by atoms with Gasteiger partial charge in [-0.3, -0.25) is 9.59 Å². The third-order valence-electron chi connectivity index (χ3n) is 11.9. The lowest BCUT2D eigenvalue weighted by Crippen LogP contribution is -2.54. The number of fused-ring (bicyclic) bond motifs is 2. The van der Waals surface area contributed by atoms with Gasteiger partial charge in [0.05, 0.1) is 57.1 Å². The van der Waals surface area contributed by atoms with Crippen molar-refractivity contribution >= 4 is 69.0 Å². The van der Waals surface area contributed by atoms with Gasteiger partial charge in [-0.1, -0.05) is 44.6 Å². The van der Waals surface area contributed by atoms with Crippen LogP contribution in [0.15, 0.2) is 56.2 Å². The van der Waals surface area contributed by atoms with Crippen LogP contribution in [0.5, 0.6) is 0 Å². The number of amides is 4. The number of rotatable bonds is 10. The summed E-state index contributed by atoms with van der Waals surface area (Å²) in [4.78, 5) is 53.3. The standard InChI is InChI=1S/C23H31N7O5S.C23H31N7O4S/c1-22(2,3)35-21(32)29-8-7-16(23(4,5)12-29)26-17-14(18(24)31)10-25-30-11-13(9-15(17)30)19-27-28-20(34-19)36(6)33;1-22(2,3)34-21(32)29-8-7-16(23(4,5)12-29)26-17-14(18(24)31)10-25-30-11-13(9-15(17)30)19-27-28-20(33-19)35-6/h9-11,16,26H,7-8,12H2,1-6H3,(H2,24,31);9-11,16,26H,7-8,12H2,1-6H3,(H2,24,31)/t16-,36?;16-/m11/s1. The Morgan fingerprint density at radius 3 is 1.49 bits per heavy atom. The predicted molar refractivity (Wildman–Crippen MR) is 265 cm³/mol. The van der Waals surface area contributed by atoms with Gasteiger partial charge in [0.15, 0.2) is 0 Å². The van der Waals surface area contributed by atoms with Crippen LogP contribution in [-0.2, 0) is 20.3 Å². The minimum atomic E-state index is -1.41. The zero-order chi connectivity index (χ0) is 52.0. The number of likely N-dealkylation sites (tertiary alicyclic amines) is 2. The lowest BCUT2D eigenvalue weighted by Gasteiger charge is -2.45. The van der Waals surface area contributed by atoms with E-state index >= 15 is 0 Å². The van der Waals surface area contributed by atoms with Gasteiger partial charge in [-0.15, -0.1) is 15.3 Å². The smallest absolute Gasteiger partial charge is 0.410 e. The minimum Gasteiger partial charge on any atom is -0.444 e. The number of nitrogens with zero attached hydrogens (tertiary/aromatic N) is 10. The molecule has 3 atom stereocenters. The number of carbonyl (C=O) groups is 4. The Labute approximate surface area is 417 Å². The highest BCUT2D eigenvalue weighted by Gasteiger charge is 2.41. The molecule has 2 aliphatic rings. The molecule has 0 bridgehead atoms. The number of primary amides is 2. The van der Waals surface area contributed by atoms with Gasteiger partial charge in [0.25, 0.3) is 17.0 Å². The number of thioether (sulfide) groups is 1. The van der Waals surface area contributed by atoms with Crippen molar-refractivity contribution in [2.75, 3.05) is 49.3 Å². The van der Waals surface area contributed by atoms with E-state index in [-0.39, 0.29) is 57.3 Å². The number of nitrogens with two attached hydrogens (primary N) is 2. The fourth-order valence-electron chi connectivity index (χ4n) is 8.44. The molecule has 2 fully saturated rings. The first-order chi connectivity index (χ1) is 33.1. The molecule has 6 aromatic rings. The van der Waals surface area contributed by atoms with Gasteiger partial charge in [-0.25, -0.2) is 22.8 Å². The molecule has 2 aliphatic heterocycles. The molecule has 4 amide bonds. The van der Waals surface area contributed by atoms with E-state index in [0.717, 1.165) is 0 Å². The molecule has 23 nitrogen and oxygen atoms in total. The van der Waals surface area contributed by atoms with E-state index in [4.69, 9.17) is 29.8 Å². The minimum absolute atomic E-state index is 0.0166. The van der Waals surface area contributed by atoms with Crippen molar-refractivity contribution in [3.63, 3.8) is 0 Å². The number of ether oxygens (including phenoxy) is 2. The van der Waals surface area contributed by atoms with Crippen molar-refractivity contribution in [3.8, 4) is 22.9 Å². The average molecular weight is 1020 g/mol. The molecular formula is C46H62N14O9S2. The van der Waals surface area contributed by atoms with Crippen molar-refractivity contribution < 1.29 is 41.7 Å². The van der Waals surface area contributed by atoms with Gasteiger partial charge < -0.3 is 50.2 Å². The molecule has 0 radical (unpaired) electrons. The molecule has 2 saturated heterocycles. The summed E-state index contributed by atoms with van der Waals surface area (Å²) in [6, 6.07) is 3.45. The Balaban J connectivity index is 0.000000209. The van der Waals surface area contributed by atoms with Gasteiger partial charge in [0.2, 0.25) is 11.8 Å². The van der Waals surface area contributed by atoms with Crippen LogP contribution in [0.25, 0.3) is 33.9 Å². The second-order valence-corrected chi connectivity index (χ2v) is 22.9. The molecular weight excluding hydrogens is 957 g/mol. The van der Waals surface area contributed by atoms with E-state index in [1.54, 1.807) is 37.3 Å². The van der Waals surface area contributed by atoms with Crippen LogP contribution in [0.3, 0.4) is 0 Å². The van der Waals surface area contributed by atoms with Gasteiger partial charge in [0, 0.05) is 67.7 Å². The fourth-order valence-corrected chi connectivity index (χ4v) is 9.07. The Bertz CT molecular complexity index is 3000. The van der Waals surface area contributed by atoms with Crippen LogP contribution in [0, 0.1) is 10.8 Å². The number of nitrogens with one attached hydrogen (secondary N) is 2. The molecule has 382 valence electrons. The maximum Gasteiger partial charge on any atom is 0.410 e. The summed E-state index contributed by atoms with van der Waals surface area (Å²) in [7, 11) is -1.41. The Morgan fingerprint density at radius 1 is 0.718 bits per heavy atom. The van der Waals surface area contributed by atoms with Gasteiger partial charge in [-0.2, -0.15) is 10.2 Å². The summed E-state index contributed by atoms with van der Waals surface area (Å²) < 4.78 is 37.2. The Hall–Kier alpha value is -6.76. The zero-order valence-electron chi connectivity index (χ0n) is 42.0. The summed E-state index contributed by atoms with van der Waals surface area (Å²) in [5, 5.41) is 32.0. The van der Waals surface area contributed by atoms with E-state index in [9.17, 15) is 23.4 Å². The monoisotopic (exact) mass is 1020 g/mol. The van der Waals surface area contributed by atoms with E-state index in [1.165, 1.54) is 30.4 Å².